The zero-order valence-electron chi connectivity index (χ0n) is 19.4. The molecular weight excluding hydrogens is 444 g/mol. The Bertz CT molecular complexity index is 1480. The molecule has 3 aromatic carbocycles. The fraction of sp³-hybridized carbons (Fsp3) is 0.143. The fourth-order valence-electron chi connectivity index (χ4n) is 3.54. The summed E-state index contributed by atoms with van der Waals surface area (Å²) < 4.78 is 12.0. The molecular formula is C28H22N2O5. The number of carbonyl (C=O) groups is 1. The summed E-state index contributed by atoms with van der Waals surface area (Å²) in [5.41, 5.74) is 1.32. The number of benzene rings is 3. The SMILES string of the molecule is CC(C)(C)C(=O)O/C(=C(/C#N)c1c(-c2ccc([N+](=O)[O-])cc2)oc2ccccc12)c1ccccc1. The molecule has 0 fully saturated rings. The molecule has 4 aromatic rings. The van der Waals surface area contributed by atoms with Crippen LogP contribution in [0.25, 0.3) is 33.6 Å². The van der Waals surface area contributed by atoms with Gasteiger partial charge in [-0.3, -0.25) is 14.9 Å². The van der Waals surface area contributed by atoms with Crippen molar-refractivity contribution in [3.63, 3.8) is 0 Å². The number of allylic oxidation sites excluding steroid dienone is 1. The van der Waals surface area contributed by atoms with E-state index in [1.165, 1.54) is 12.1 Å². The van der Waals surface area contributed by atoms with Gasteiger partial charge in [0.1, 0.15) is 23.0 Å². The van der Waals surface area contributed by atoms with E-state index >= 15 is 0 Å². The highest BCUT2D eigenvalue weighted by molar-refractivity contribution is 6.08. The van der Waals surface area contributed by atoms with E-state index in [0.29, 0.717) is 33.4 Å². The number of non-ortho nitro benzene ring substituents is 1. The normalized spacial score (nSPS) is 12.1. The topological polar surface area (TPSA) is 106 Å². The number of hydrogen-bond acceptors (Lipinski definition) is 6. The maximum Gasteiger partial charge on any atom is 0.316 e. The van der Waals surface area contributed by atoms with Crippen LogP contribution in [0, 0.1) is 26.9 Å². The van der Waals surface area contributed by atoms with Crippen molar-refractivity contribution in [2.75, 3.05) is 0 Å². The van der Waals surface area contributed by atoms with E-state index in [-0.39, 0.29) is 17.0 Å². The number of carbonyl (C=O) groups excluding carboxylic acids is 1. The van der Waals surface area contributed by atoms with E-state index in [0.717, 1.165) is 0 Å². The summed E-state index contributed by atoms with van der Waals surface area (Å²) in [7, 11) is 0. The van der Waals surface area contributed by atoms with Crippen molar-refractivity contribution in [2.45, 2.75) is 20.8 Å². The van der Waals surface area contributed by atoms with E-state index in [1.54, 1.807) is 63.2 Å². The molecule has 0 saturated heterocycles. The lowest BCUT2D eigenvalue weighted by atomic mass is 9.95. The molecule has 174 valence electrons. The van der Waals surface area contributed by atoms with Gasteiger partial charge >= 0.3 is 5.97 Å². The Morgan fingerprint density at radius 1 is 0.971 bits per heavy atom. The number of para-hydroxylation sites is 1. The van der Waals surface area contributed by atoms with E-state index in [4.69, 9.17) is 9.15 Å². The highest BCUT2D eigenvalue weighted by Crippen LogP contribution is 2.41. The molecule has 7 heteroatoms. The zero-order chi connectivity index (χ0) is 25.2. The summed E-state index contributed by atoms with van der Waals surface area (Å²) in [6.07, 6.45) is 0. The lowest BCUT2D eigenvalue weighted by Gasteiger charge is -2.19. The van der Waals surface area contributed by atoms with Crippen LogP contribution in [0.2, 0.25) is 0 Å². The molecule has 0 amide bonds. The number of esters is 1. The first-order chi connectivity index (χ1) is 16.7. The summed E-state index contributed by atoms with van der Waals surface area (Å²) in [5, 5.41) is 22.1. The largest absolute Gasteiger partial charge is 0.455 e. The van der Waals surface area contributed by atoms with Gasteiger partial charge in [0.25, 0.3) is 5.69 Å². The maximum atomic E-state index is 12.9. The fourth-order valence-corrected chi connectivity index (χ4v) is 3.54. The van der Waals surface area contributed by atoms with Gasteiger partial charge in [0, 0.05) is 28.6 Å². The van der Waals surface area contributed by atoms with Crippen molar-refractivity contribution in [1.29, 1.82) is 5.26 Å². The predicted octanol–water partition coefficient (Wildman–Crippen LogP) is 6.99. The summed E-state index contributed by atoms with van der Waals surface area (Å²) in [6.45, 7) is 5.21. The number of ether oxygens (including phenoxy) is 1. The number of rotatable bonds is 5. The van der Waals surface area contributed by atoms with Gasteiger partial charge in [-0.15, -0.1) is 0 Å². The van der Waals surface area contributed by atoms with Crippen molar-refractivity contribution < 1.29 is 18.9 Å². The molecule has 0 N–H and O–H groups in total. The maximum absolute atomic E-state index is 12.9. The predicted molar refractivity (Wildman–Crippen MR) is 133 cm³/mol. The average molecular weight is 466 g/mol. The lowest BCUT2D eigenvalue weighted by Crippen LogP contribution is -2.22. The molecule has 0 spiro atoms. The third kappa shape index (κ3) is 4.68. The number of nitro benzene ring substituents is 1. The highest BCUT2D eigenvalue weighted by atomic mass is 16.6. The summed E-state index contributed by atoms with van der Waals surface area (Å²) in [4.78, 5) is 23.5. The molecule has 4 rings (SSSR count). The molecule has 1 aromatic heterocycles. The Morgan fingerprint density at radius 2 is 1.60 bits per heavy atom. The van der Waals surface area contributed by atoms with Crippen LogP contribution in [0.4, 0.5) is 5.69 Å². The first-order valence-corrected chi connectivity index (χ1v) is 10.9. The molecule has 0 bridgehead atoms. The minimum atomic E-state index is -0.805. The van der Waals surface area contributed by atoms with Crippen LogP contribution in [-0.2, 0) is 9.53 Å². The van der Waals surface area contributed by atoms with Gasteiger partial charge in [-0.2, -0.15) is 5.26 Å². The molecule has 0 aliphatic heterocycles. The third-order valence-electron chi connectivity index (χ3n) is 5.37. The second-order valence-electron chi connectivity index (χ2n) is 8.93. The minimum absolute atomic E-state index is 0.0634. The summed E-state index contributed by atoms with van der Waals surface area (Å²) >= 11 is 0. The molecule has 0 atom stereocenters. The Hall–Kier alpha value is -4.70. The van der Waals surface area contributed by atoms with Gasteiger partial charge in [-0.05, 0) is 39.0 Å². The number of hydrogen-bond donors (Lipinski definition) is 0. The first kappa shape index (κ1) is 23.5. The van der Waals surface area contributed by atoms with Gasteiger partial charge in [-0.1, -0.05) is 48.5 Å². The van der Waals surface area contributed by atoms with Gasteiger partial charge in [0.2, 0.25) is 0 Å². The van der Waals surface area contributed by atoms with Crippen LogP contribution < -0.4 is 0 Å². The number of nitrogens with zero attached hydrogens (tertiary/aromatic N) is 2. The lowest BCUT2D eigenvalue weighted by molar-refractivity contribution is -0.384. The van der Waals surface area contributed by atoms with Crippen LogP contribution in [0.15, 0.2) is 83.3 Å². The summed E-state index contributed by atoms with van der Waals surface area (Å²) in [5.74, 6) is -0.0329. The van der Waals surface area contributed by atoms with Gasteiger partial charge in [-0.25, -0.2) is 0 Å². The van der Waals surface area contributed by atoms with Gasteiger partial charge in [0.15, 0.2) is 5.76 Å². The smallest absolute Gasteiger partial charge is 0.316 e. The van der Waals surface area contributed by atoms with Gasteiger partial charge < -0.3 is 9.15 Å². The van der Waals surface area contributed by atoms with Gasteiger partial charge in [0.05, 0.1) is 15.9 Å². The second kappa shape index (κ2) is 9.27. The van der Waals surface area contributed by atoms with E-state index in [9.17, 15) is 20.2 Å². The molecule has 0 radical (unpaired) electrons. The highest BCUT2D eigenvalue weighted by Gasteiger charge is 2.29. The molecule has 35 heavy (non-hydrogen) atoms. The van der Waals surface area contributed by atoms with Crippen molar-refractivity contribution in [1.82, 2.24) is 0 Å². The number of nitro groups is 1. The van der Waals surface area contributed by atoms with Crippen LogP contribution in [0.5, 0.6) is 0 Å². The van der Waals surface area contributed by atoms with Crippen LogP contribution >= 0.6 is 0 Å². The third-order valence-corrected chi connectivity index (χ3v) is 5.37. The molecule has 0 unspecified atom stereocenters. The van der Waals surface area contributed by atoms with Crippen LogP contribution in [0.1, 0.15) is 31.9 Å². The van der Waals surface area contributed by atoms with E-state index in [2.05, 4.69) is 6.07 Å². The number of furan rings is 1. The molecule has 0 aliphatic rings. The Morgan fingerprint density at radius 3 is 2.20 bits per heavy atom. The van der Waals surface area contributed by atoms with Crippen molar-refractivity contribution in [3.8, 4) is 17.4 Å². The number of fused-ring (bicyclic) bond motifs is 1. The zero-order valence-corrected chi connectivity index (χ0v) is 19.4. The van der Waals surface area contributed by atoms with Crippen LogP contribution in [0.3, 0.4) is 0 Å². The monoisotopic (exact) mass is 466 g/mol. The van der Waals surface area contributed by atoms with Crippen molar-refractivity contribution in [3.05, 3.63) is 100 Å². The standard InChI is InChI=1S/C28H22N2O5/c1-28(2,3)27(31)35-25(18-9-5-4-6-10-18)22(17-29)24-21-11-7-8-12-23(21)34-26(24)19-13-15-20(16-14-19)30(32)33/h4-16H,1-3H3/b25-22-. The molecule has 1 heterocycles. The molecule has 7 nitrogen and oxygen atoms in total. The Kier molecular flexibility index (Phi) is 6.22. The van der Waals surface area contributed by atoms with E-state index < -0.39 is 16.3 Å². The van der Waals surface area contributed by atoms with E-state index in [1.807, 2.05) is 24.3 Å². The first-order valence-electron chi connectivity index (χ1n) is 10.9. The second-order valence-corrected chi connectivity index (χ2v) is 8.93. The Balaban J connectivity index is 2.03. The van der Waals surface area contributed by atoms with Crippen molar-refractivity contribution >= 4 is 34.0 Å². The molecule has 0 saturated carbocycles. The van der Waals surface area contributed by atoms with Crippen molar-refractivity contribution in [2.24, 2.45) is 5.41 Å². The quantitative estimate of drug-likeness (QED) is 0.103. The average Bonchev–Trinajstić information content (AvgIpc) is 3.23. The number of nitriles is 1. The Labute approximate surface area is 202 Å². The minimum Gasteiger partial charge on any atom is -0.455 e. The summed E-state index contributed by atoms with van der Waals surface area (Å²) in [6, 6.07) is 24.3. The van der Waals surface area contributed by atoms with Crippen LogP contribution in [-0.4, -0.2) is 10.9 Å². The molecule has 0 aliphatic carbocycles.